The molecule has 15 nitrogen and oxygen atoms in total. The summed E-state index contributed by atoms with van der Waals surface area (Å²) in [5, 5.41) is 11.8. The van der Waals surface area contributed by atoms with Crippen molar-refractivity contribution in [2.75, 3.05) is 152 Å². The van der Waals surface area contributed by atoms with Crippen molar-refractivity contribution in [3.63, 3.8) is 0 Å². The monoisotopic (exact) mass is 615 g/mol. The molecule has 0 radical (unpaired) electrons. The Kier molecular flexibility index (Phi) is 36.2. The van der Waals surface area contributed by atoms with Crippen LogP contribution in [0.15, 0.2) is 0 Å². The Hall–Kier alpha value is -1.50. The van der Waals surface area contributed by atoms with Gasteiger partial charge >= 0.3 is 5.97 Å². The minimum atomic E-state index is -0.875. The molecule has 0 bridgehead atoms. The van der Waals surface area contributed by atoms with Crippen LogP contribution in [-0.4, -0.2) is 169 Å². The molecule has 0 saturated carbocycles. The van der Waals surface area contributed by atoms with Crippen LogP contribution in [0.1, 0.15) is 12.8 Å². The maximum absolute atomic E-state index is 10.3. The minimum absolute atomic E-state index is 0.00281. The van der Waals surface area contributed by atoms with E-state index in [-0.39, 0.29) is 19.6 Å². The van der Waals surface area contributed by atoms with E-state index in [1.54, 1.807) is 0 Å². The number of hydrogen-bond donors (Lipinski definition) is 2. The van der Waals surface area contributed by atoms with Crippen molar-refractivity contribution < 1.29 is 66.8 Å². The average Bonchev–Trinajstić information content (AvgIpc) is 2.98. The molecule has 0 heterocycles. The molecule has 2 N–H and O–H groups in total. The second-order valence-electron chi connectivity index (χ2n) is 8.34. The molecule has 0 amide bonds. The molecule has 0 aromatic rings. The van der Waals surface area contributed by atoms with Gasteiger partial charge in [-0.1, -0.05) is 0 Å². The van der Waals surface area contributed by atoms with Gasteiger partial charge in [-0.05, 0) is 13.0 Å². The summed E-state index contributed by atoms with van der Waals surface area (Å²) < 4.78 is 58.3. The predicted octanol–water partition coefficient (Wildman–Crippen LogP) is -0.220. The van der Waals surface area contributed by atoms with Gasteiger partial charge in [-0.3, -0.25) is 9.59 Å². The first-order chi connectivity index (χ1) is 20.8. The van der Waals surface area contributed by atoms with Crippen LogP contribution in [0.5, 0.6) is 0 Å². The molecule has 0 fully saturated rings. The van der Waals surface area contributed by atoms with Gasteiger partial charge in [0, 0.05) is 13.2 Å². The number of carbonyl (C=O) groups excluding carboxylic acids is 1. The normalized spacial score (nSPS) is 11.2. The quantitative estimate of drug-likeness (QED) is 0.0690. The van der Waals surface area contributed by atoms with Crippen molar-refractivity contribution in [1.82, 2.24) is 5.32 Å². The molecule has 15 heteroatoms. The molecule has 0 aliphatic heterocycles. The lowest BCUT2D eigenvalue weighted by Gasteiger charge is -2.09. The second kappa shape index (κ2) is 37.5. The zero-order valence-electron chi connectivity index (χ0n) is 25.0. The summed E-state index contributed by atoms with van der Waals surface area (Å²) >= 11 is 0. The van der Waals surface area contributed by atoms with E-state index in [4.69, 9.17) is 52.5 Å². The smallest absolute Gasteiger partial charge is 0.305 e. The Morgan fingerprint density at radius 1 is 0.452 bits per heavy atom. The molecule has 0 unspecified atom stereocenters. The molecular weight excluding hydrogens is 562 g/mol. The zero-order chi connectivity index (χ0) is 30.4. The summed E-state index contributed by atoms with van der Waals surface area (Å²) in [5.74, 6) is -0.875. The first-order valence-corrected chi connectivity index (χ1v) is 14.5. The van der Waals surface area contributed by atoms with E-state index in [0.717, 1.165) is 19.5 Å². The van der Waals surface area contributed by atoms with Gasteiger partial charge < -0.3 is 62.5 Å². The van der Waals surface area contributed by atoms with Gasteiger partial charge in [0.2, 0.25) is 0 Å². The van der Waals surface area contributed by atoms with Gasteiger partial charge in [0.15, 0.2) is 0 Å². The molecule has 42 heavy (non-hydrogen) atoms. The molecule has 0 rings (SSSR count). The van der Waals surface area contributed by atoms with Gasteiger partial charge in [-0.2, -0.15) is 0 Å². The Morgan fingerprint density at radius 3 is 1.17 bits per heavy atom. The third kappa shape index (κ3) is 38.5. The zero-order valence-corrected chi connectivity index (χ0v) is 25.0. The summed E-state index contributed by atoms with van der Waals surface area (Å²) in [6, 6.07) is 0. The Morgan fingerprint density at radius 2 is 0.786 bits per heavy atom. The number of rotatable bonds is 38. The Bertz CT molecular complexity index is 547. The second-order valence-corrected chi connectivity index (χ2v) is 8.34. The number of carboxylic acids is 1. The average molecular weight is 616 g/mol. The number of hydrogen-bond acceptors (Lipinski definition) is 14. The highest BCUT2D eigenvalue weighted by atomic mass is 16.6. The number of carbonyl (C=O) groups is 2. The number of nitrogens with one attached hydrogen (secondary N) is 1. The lowest BCUT2D eigenvalue weighted by Crippen LogP contribution is -2.23. The van der Waals surface area contributed by atoms with Gasteiger partial charge in [0.25, 0.3) is 6.47 Å². The third-order valence-electron chi connectivity index (χ3n) is 4.92. The molecule has 0 aliphatic rings. The van der Waals surface area contributed by atoms with Gasteiger partial charge in [0.05, 0.1) is 132 Å². The van der Waals surface area contributed by atoms with Crippen LogP contribution in [0.3, 0.4) is 0 Å². The maximum atomic E-state index is 10.3. The molecule has 0 aromatic heterocycles. The molecule has 0 atom stereocenters. The fourth-order valence-electron chi connectivity index (χ4n) is 2.85. The van der Waals surface area contributed by atoms with E-state index in [9.17, 15) is 9.59 Å². The molecular formula is C27H53NO14. The minimum Gasteiger partial charge on any atom is -0.481 e. The maximum Gasteiger partial charge on any atom is 0.305 e. The number of aliphatic carboxylic acids is 1. The van der Waals surface area contributed by atoms with Crippen LogP contribution in [0.4, 0.5) is 0 Å². The van der Waals surface area contributed by atoms with Crippen molar-refractivity contribution in [2.24, 2.45) is 0 Å². The Balaban J connectivity index is 3.04. The molecule has 0 aliphatic carbocycles. The fraction of sp³-hybridized carbons (Fsp3) is 0.926. The van der Waals surface area contributed by atoms with E-state index < -0.39 is 5.97 Å². The van der Waals surface area contributed by atoms with Crippen LogP contribution in [-0.2, 0) is 61.7 Å². The summed E-state index contributed by atoms with van der Waals surface area (Å²) in [7, 11) is 0. The summed E-state index contributed by atoms with van der Waals surface area (Å²) in [6.07, 6.45) is 0.903. The van der Waals surface area contributed by atoms with E-state index in [2.05, 4.69) is 10.1 Å². The lowest BCUT2D eigenvalue weighted by atomic mass is 10.4. The fourth-order valence-corrected chi connectivity index (χ4v) is 2.85. The summed E-state index contributed by atoms with van der Waals surface area (Å²) in [6.45, 7) is 11.8. The molecule has 0 aromatic carbocycles. The topological polar surface area (TPSA) is 168 Å². The predicted molar refractivity (Wildman–Crippen MR) is 150 cm³/mol. The number of carboxylic acid groups (broad SMARTS) is 1. The first kappa shape index (κ1) is 40.5. The molecule has 0 spiro atoms. The highest BCUT2D eigenvalue weighted by Gasteiger charge is 1.98. The van der Waals surface area contributed by atoms with Crippen LogP contribution in [0, 0.1) is 0 Å². The highest BCUT2D eigenvalue weighted by molar-refractivity contribution is 5.66. The lowest BCUT2D eigenvalue weighted by molar-refractivity contribution is -0.138. The van der Waals surface area contributed by atoms with Crippen LogP contribution in [0.2, 0.25) is 0 Å². The van der Waals surface area contributed by atoms with Crippen molar-refractivity contribution >= 4 is 12.4 Å². The Labute approximate surface area is 249 Å². The van der Waals surface area contributed by atoms with Crippen molar-refractivity contribution in [2.45, 2.75) is 12.8 Å². The van der Waals surface area contributed by atoms with Crippen molar-refractivity contribution in [1.29, 1.82) is 0 Å². The highest BCUT2D eigenvalue weighted by Crippen LogP contribution is 1.87. The SMILES string of the molecule is O=COCCOCCOCCCNCCOCCOCCOCCOCCOCCOCCOCCOCCC(=O)O. The van der Waals surface area contributed by atoms with Gasteiger partial charge in [-0.15, -0.1) is 0 Å². The largest absolute Gasteiger partial charge is 0.481 e. The van der Waals surface area contributed by atoms with Crippen LogP contribution >= 0.6 is 0 Å². The number of ether oxygens (including phenoxy) is 11. The summed E-state index contributed by atoms with van der Waals surface area (Å²) in [4.78, 5) is 20.3. The van der Waals surface area contributed by atoms with Gasteiger partial charge in [-0.25, -0.2) is 0 Å². The van der Waals surface area contributed by atoms with E-state index >= 15 is 0 Å². The third-order valence-corrected chi connectivity index (χ3v) is 4.92. The first-order valence-electron chi connectivity index (χ1n) is 14.5. The molecule has 0 saturated heterocycles. The van der Waals surface area contributed by atoms with Crippen molar-refractivity contribution in [3.05, 3.63) is 0 Å². The van der Waals surface area contributed by atoms with Crippen LogP contribution < -0.4 is 5.32 Å². The van der Waals surface area contributed by atoms with Crippen molar-refractivity contribution in [3.8, 4) is 0 Å². The van der Waals surface area contributed by atoms with E-state index in [1.165, 1.54) is 0 Å². The van der Waals surface area contributed by atoms with Crippen LogP contribution in [0.25, 0.3) is 0 Å². The van der Waals surface area contributed by atoms with Gasteiger partial charge in [0.1, 0.15) is 6.61 Å². The standard InChI is InChI=1S/C27H53NO14/c29-26-42-25-24-41-11-8-32-5-1-3-28-4-7-34-10-13-36-15-17-38-19-21-40-23-22-39-20-18-37-16-14-35-12-9-33-6-2-27(30)31/h26,28H,1-25H2,(H,30,31). The van der Waals surface area contributed by atoms with E-state index in [1.807, 2.05) is 0 Å². The molecule has 250 valence electrons. The summed E-state index contributed by atoms with van der Waals surface area (Å²) in [5.41, 5.74) is 0. The van der Waals surface area contributed by atoms with E-state index in [0.29, 0.717) is 132 Å².